The molecule has 0 radical (unpaired) electrons. The maximum atomic E-state index is 12.2. The van der Waals surface area contributed by atoms with E-state index in [0.29, 0.717) is 17.0 Å². The standard InChI is InChI=1S/C16H22ClN3O/c1-11(2)19-8-6-12(7-9-19)10-20-14-5-3-4-13(17)15(14)18-16(20)21/h3-5,11-12H,6-10H2,1-2H3,(H,18,21). The van der Waals surface area contributed by atoms with Gasteiger partial charge in [-0.3, -0.25) is 4.57 Å². The van der Waals surface area contributed by atoms with Crippen LogP contribution in [0.2, 0.25) is 5.02 Å². The Morgan fingerprint density at radius 2 is 2.05 bits per heavy atom. The van der Waals surface area contributed by atoms with Crippen LogP contribution in [0.5, 0.6) is 0 Å². The fraction of sp³-hybridized carbons (Fsp3) is 0.562. The minimum absolute atomic E-state index is 0.0515. The lowest BCUT2D eigenvalue weighted by Crippen LogP contribution is -2.39. The molecule has 0 bridgehead atoms. The number of H-pyrrole nitrogens is 1. The van der Waals surface area contributed by atoms with Crippen molar-refractivity contribution < 1.29 is 0 Å². The summed E-state index contributed by atoms with van der Waals surface area (Å²) < 4.78 is 1.84. The molecule has 0 saturated carbocycles. The van der Waals surface area contributed by atoms with E-state index < -0.39 is 0 Å². The Balaban J connectivity index is 1.79. The summed E-state index contributed by atoms with van der Waals surface area (Å²) in [6, 6.07) is 6.28. The number of aromatic amines is 1. The van der Waals surface area contributed by atoms with E-state index >= 15 is 0 Å². The molecule has 3 rings (SSSR count). The first kappa shape index (κ1) is 14.7. The third-order valence-electron chi connectivity index (χ3n) is 4.58. The van der Waals surface area contributed by atoms with E-state index in [2.05, 4.69) is 23.7 Å². The number of likely N-dealkylation sites (tertiary alicyclic amines) is 1. The Bertz CT molecular complexity index is 680. The Hall–Kier alpha value is -1.26. The summed E-state index contributed by atoms with van der Waals surface area (Å²) in [5.41, 5.74) is 1.62. The summed E-state index contributed by atoms with van der Waals surface area (Å²) >= 11 is 6.15. The molecule has 1 aliphatic heterocycles. The summed E-state index contributed by atoms with van der Waals surface area (Å²) in [5.74, 6) is 0.565. The predicted molar refractivity (Wildman–Crippen MR) is 87.0 cm³/mol. The van der Waals surface area contributed by atoms with Gasteiger partial charge in [-0.25, -0.2) is 4.79 Å². The van der Waals surface area contributed by atoms with Gasteiger partial charge in [0.25, 0.3) is 0 Å². The summed E-state index contributed by atoms with van der Waals surface area (Å²) in [7, 11) is 0. The smallest absolute Gasteiger partial charge is 0.304 e. The van der Waals surface area contributed by atoms with E-state index in [0.717, 1.165) is 43.5 Å². The summed E-state index contributed by atoms with van der Waals surface area (Å²) in [6.07, 6.45) is 2.30. The van der Waals surface area contributed by atoms with Crippen molar-refractivity contribution >= 4 is 22.6 Å². The summed E-state index contributed by atoms with van der Waals surface area (Å²) in [4.78, 5) is 17.6. The predicted octanol–water partition coefficient (Wildman–Crippen LogP) is 3.10. The van der Waals surface area contributed by atoms with Crippen molar-refractivity contribution in [3.63, 3.8) is 0 Å². The number of rotatable bonds is 3. The number of fused-ring (bicyclic) bond motifs is 1. The van der Waals surface area contributed by atoms with Gasteiger partial charge in [0.05, 0.1) is 16.1 Å². The van der Waals surface area contributed by atoms with Gasteiger partial charge in [-0.2, -0.15) is 0 Å². The largest absolute Gasteiger partial charge is 0.326 e. The van der Waals surface area contributed by atoms with E-state index in [1.54, 1.807) is 0 Å². The Labute approximate surface area is 129 Å². The number of benzene rings is 1. The molecule has 0 amide bonds. The van der Waals surface area contributed by atoms with Gasteiger partial charge in [0.1, 0.15) is 0 Å². The second-order valence-corrected chi connectivity index (χ2v) is 6.66. The second-order valence-electron chi connectivity index (χ2n) is 6.25. The van der Waals surface area contributed by atoms with Gasteiger partial charge in [0.2, 0.25) is 0 Å². The number of imidazole rings is 1. The zero-order chi connectivity index (χ0) is 15.0. The van der Waals surface area contributed by atoms with Crippen molar-refractivity contribution in [3.05, 3.63) is 33.7 Å². The molecule has 0 unspecified atom stereocenters. The zero-order valence-corrected chi connectivity index (χ0v) is 13.4. The highest BCUT2D eigenvalue weighted by Gasteiger charge is 2.22. The molecule has 2 aromatic rings. The maximum Gasteiger partial charge on any atom is 0.326 e. The Kier molecular flexibility index (Phi) is 4.09. The molecule has 5 heteroatoms. The van der Waals surface area contributed by atoms with Gasteiger partial charge in [-0.1, -0.05) is 17.7 Å². The van der Waals surface area contributed by atoms with Gasteiger partial charge >= 0.3 is 5.69 Å². The Morgan fingerprint density at radius 1 is 1.33 bits per heavy atom. The van der Waals surface area contributed by atoms with Gasteiger partial charge in [-0.15, -0.1) is 0 Å². The molecule has 21 heavy (non-hydrogen) atoms. The molecular weight excluding hydrogens is 286 g/mol. The molecule has 0 spiro atoms. The monoisotopic (exact) mass is 307 g/mol. The van der Waals surface area contributed by atoms with Crippen LogP contribution < -0.4 is 5.69 Å². The first-order valence-electron chi connectivity index (χ1n) is 7.67. The topological polar surface area (TPSA) is 41.0 Å². The minimum Gasteiger partial charge on any atom is -0.304 e. The number of hydrogen-bond acceptors (Lipinski definition) is 2. The molecule has 1 aliphatic rings. The highest BCUT2D eigenvalue weighted by atomic mass is 35.5. The molecular formula is C16H22ClN3O. The van der Waals surface area contributed by atoms with Crippen molar-refractivity contribution in [1.82, 2.24) is 14.5 Å². The van der Waals surface area contributed by atoms with Crippen LogP contribution in [0, 0.1) is 5.92 Å². The second kappa shape index (κ2) is 5.85. The molecule has 1 N–H and O–H groups in total. The number of halogens is 1. The van der Waals surface area contributed by atoms with Crippen molar-refractivity contribution in [1.29, 1.82) is 0 Å². The Morgan fingerprint density at radius 3 is 2.71 bits per heavy atom. The normalized spacial score (nSPS) is 17.9. The molecule has 1 fully saturated rings. The zero-order valence-electron chi connectivity index (χ0n) is 12.6. The quantitative estimate of drug-likeness (QED) is 0.946. The van der Waals surface area contributed by atoms with Crippen LogP contribution in [-0.4, -0.2) is 33.6 Å². The number of piperidine rings is 1. The van der Waals surface area contributed by atoms with Crippen molar-refractivity contribution in [2.24, 2.45) is 5.92 Å². The van der Waals surface area contributed by atoms with Gasteiger partial charge in [0, 0.05) is 12.6 Å². The first-order valence-corrected chi connectivity index (χ1v) is 8.05. The highest BCUT2D eigenvalue weighted by Crippen LogP contribution is 2.24. The maximum absolute atomic E-state index is 12.2. The molecule has 0 aliphatic carbocycles. The lowest BCUT2D eigenvalue weighted by molar-refractivity contribution is 0.142. The molecule has 0 atom stereocenters. The lowest BCUT2D eigenvalue weighted by atomic mass is 9.96. The number of nitrogens with one attached hydrogen (secondary N) is 1. The molecule has 114 valence electrons. The van der Waals surface area contributed by atoms with Crippen molar-refractivity contribution in [2.75, 3.05) is 13.1 Å². The van der Waals surface area contributed by atoms with Gasteiger partial charge in [0.15, 0.2) is 0 Å². The van der Waals surface area contributed by atoms with Crippen LogP contribution >= 0.6 is 11.6 Å². The van der Waals surface area contributed by atoms with Gasteiger partial charge < -0.3 is 9.88 Å². The third kappa shape index (κ3) is 2.87. The average Bonchev–Trinajstić information content (AvgIpc) is 2.78. The summed E-state index contributed by atoms with van der Waals surface area (Å²) in [5, 5.41) is 0.609. The van der Waals surface area contributed by atoms with E-state index in [-0.39, 0.29) is 5.69 Å². The number of hydrogen-bond donors (Lipinski definition) is 1. The van der Waals surface area contributed by atoms with Crippen molar-refractivity contribution in [2.45, 2.75) is 39.3 Å². The van der Waals surface area contributed by atoms with E-state index in [1.807, 2.05) is 22.8 Å². The van der Waals surface area contributed by atoms with Gasteiger partial charge in [-0.05, 0) is 57.8 Å². The van der Waals surface area contributed by atoms with Crippen LogP contribution in [-0.2, 0) is 6.54 Å². The van der Waals surface area contributed by atoms with Crippen molar-refractivity contribution in [3.8, 4) is 0 Å². The number of aromatic nitrogens is 2. The van der Waals surface area contributed by atoms with Crippen LogP contribution in [0.25, 0.3) is 11.0 Å². The fourth-order valence-electron chi connectivity index (χ4n) is 3.24. The molecule has 1 aromatic carbocycles. The summed E-state index contributed by atoms with van der Waals surface area (Å²) in [6.45, 7) is 7.52. The van der Waals surface area contributed by atoms with Crippen LogP contribution in [0.15, 0.2) is 23.0 Å². The van der Waals surface area contributed by atoms with E-state index in [1.165, 1.54) is 0 Å². The minimum atomic E-state index is -0.0515. The van der Waals surface area contributed by atoms with E-state index in [4.69, 9.17) is 11.6 Å². The number of para-hydroxylation sites is 1. The average molecular weight is 308 g/mol. The SMILES string of the molecule is CC(C)N1CCC(Cn2c(=O)[nH]c3c(Cl)cccc32)CC1. The van der Waals surface area contributed by atoms with Crippen LogP contribution in [0.4, 0.5) is 0 Å². The lowest BCUT2D eigenvalue weighted by Gasteiger charge is -2.34. The molecule has 2 heterocycles. The fourth-order valence-corrected chi connectivity index (χ4v) is 3.45. The third-order valence-corrected chi connectivity index (χ3v) is 4.89. The van der Waals surface area contributed by atoms with E-state index in [9.17, 15) is 4.79 Å². The first-order chi connectivity index (χ1) is 10.1. The van der Waals surface area contributed by atoms with Crippen LogP contribution in [0.3, 0.4) is 0 Å². The molecule has 1 aromatic heterocycles. The molecule has 4 nitrogen and oxygen atoms in total. The number of nitrogens with zero attached hydrogens (tertiary/aromatic N) is 2. The highest BCUT2D eigenvalue weighted by molar-refractivity contribution is 6.34. The van der Waals surface area contributed by atoms with Crippen LogP contribution in [0.1, 0.15) is 26.7 Å². The molecule has 1 saturated heterocycles.